The van der Waals surface area contributed by atoms with Gasteiger partial charge in [0.2, 0.25) is 0 Å². The molecule has 0 spiro atoms. The van der Waals surface area contributed by atoms with Crippen molar-refractivity contribution in [3.8, 4) is 5.75 Å². The molecule has 2 aromatic carbocycles. The number of carbonyl (C=O) groups excluding carboxylic acids is 1. The molecule has 28 heavy (non-hydrogen) atoms. The van der Waals surface area contributed by atoms with Gasteiger partial charge in [0.25, 0.3) is 0 Å². The summed E-state index contributed by atoms with van der Waals surface area (Å²) in [5, 5.41) is 0. The number of hydrogen-bond acceptors (Lipinski definition) is 3. The molecule has 3 nitrogen and oxygen atoms in total. The molecule has 1 unspecified atom stereocenters. The van der Waals surface area contributed by atoms with Gasteiger partial charge in [0.1, 0.15) is 11.9 Å². The molecule has 0 N–H and O–H groups in total. The van der Waals surface area contributed by atoms with Crippen LogP contribution in [0.5, 0.6) is 5.75 Å². The highest BCUT2D eigenvalue weighted by atomic mass is 16.7. The largest absolute Gasteiger partial charge is 0.514 e. The third-order valence-electron chi connectivity index (χ3n) is 4.95. The van der Waals surface area contributed by atoms with Gasteiger partial charge in [0, 0.05) is 0 Å². The molecular formula is C25H34O3. The maximum atomic E-state index is 12.5. The van der Waals surface area contributed by atoms with Crippen LogP contribution in [0.4, 0.5) is 4.79 Å². The van der Waals surface area contributed by atoms with Crippen LogP contribution in [0, 0.1) is 0 Å². The monoisotopic (exact) mass is 382 g/mol. The molecule has 0 fully saturated rings. The molecule has 0 saturated carbocycles. The number of unbranched alkanes of at least 4 members (excludes halogenated alkanes) is 5. The number of carbonyl (C=O) groups is 1. The average Bonchev–Trinajstić information content (AvgIpc) is 2.72. The van der Waals surface area contributed by atoms with Crippen molar-refractivity contribution in [2.45, 2.75) is 77.7 Å². The summed E-state index contributed by atoms with van der Waals surface area (Å²) < 4.78 is 11.3. The van der Waals surface area contributed by atoms with Crippen molar-refractivity contribution in [2.75, 3.05) is 0 Å². The van der Waals surface area contributed by atoms with E-state index < -0.39 is 6.16 Å². The van der Waals surface area contributed by atoms with Crippen molar-refractivity contribution >= 4 is 6.16 Å². The van der Waals surface area contributed by atoms with Gasteiger partial charge in [-0.1, -0.05) is 94.5 Å². The van der Waals surface area contributed by atoms with Crippen molar-refractivity contribution in [1.82, 2.24) is 0 Å². The van der Waals surface area contributed by atoms with Crippen LogP contribution >= 0.6 is 0 Å². The molecule has 0 aliphatic rings. The minimum atomic E-state index is -0.619. The van der Waals surface area contributed by atoms with Crippen LogP contribution in [0.15, 0.2) is 54.6 Å². The van der Waals surface area contributed by atoms with Crippen LogP contribution in [0.3, 0.4) is 0 Å². The van der Waals surface area contributed by atoms with Crippen molar-refractivity contribution in [1.29, 1.82) is 0 Å². The second kappa shape index (κ2) is 13.0. The Morgan fingerprint density at radius 2 is 1.50 bits per heavy atom. The Labute approximate surface area is 170 Å². The first-order valence-corrected chi connectivity index (χ1v) is 10.8. The zero-order valence-electron chi connectivity index (χ0n) is 17.4. The minimum absolute atomic E-state index is 0.267. The van der Waals surface area contributed by atoms with Crippen molar-refractivity contribution in [3.05, 3.63) is 65.7 Å². The lowest BCUT2D eigenvalue weighted by Crippen LogP contribution is -2.16. The molecule has 152 valence electrons. The fourth-order valence-electron chi connectivity index (χ4n) is 3.32. The highest BCUT2D eigenvalue weighted by Crippen LogP contribution is 2.26. The Balaban J connectivity index is 1.98. The van der Waals surface area contributed by atoms with Crippen molar-refractivity contribution < 1.29 is 14.3 Å². The first-order valence-electron chi connectivity index (χ1n) is 10.8. The van der Waals surface area contributed by atoms with Gasteiger partial charge in [-0.3, -0.25) is 0 Å². The molecule has 0 aliphatic carbocycles. The molecule has 2 aromatic rings. The van der Waals surface area contributed by atoms with Gasteiger partial charge in [-0.05, 0) is 42.9 Å². The van der Waals surface area contributed by atoms with Gasteiger partial charge in [-0.2, -0.15) is 0 Å². The van der Waals surface area contributed by atoms with Crippen LogP contribution in [-0.4, -0.2) is 6.16 Å². The molecule has 2 rings (SSSR count). The van der Waals surface area contributed by atoms with E-state index in [4.69, 9.17) is 9.47 Å². The van der Waals surface area contributed by atoms with E-state index in [0.29, 0.717) is 5.75 Å². The molecule has 0 saturated heterocycles. The van der Waals surface area contributed by atoms with Crippen molar-refractivity contribution in [3.63, 3.8) is 0 Å². The second-order valence-electron chi connectivity index (χ2n) is 7.28. The highest BCUT2D eigenvalue weighted by molar-refractivity contribution is 5.65. The standard InChI is InChI=1S/C25H34O3/c1-3-5-7-10-15-22-18-13-14-20-24(22)28-25(26)27-23(19-9-6-4-2)21-16-11-8-12-17-21/h8,11-14,16-18,20,23H,3-7,9-10,15,19H2,1-2H3. The van der Waals surface area contributed by atoms with Gasteiger partial charge < -0.3 is 9.47 Å². The first kappa shape index (κ1) is 22.0. The van der Waals surface area contributed by atoms with E-state index >= 15 is 0 Å². The molecule has 1 atom stereocenters. The van der Waals surface area contributed by atoms with E-state index in [9.17, 15) is 4.79 Å². The van der Waals surface area contributed by atoms with Gasteiger partial charge in [-0.15, -0.1) is 0 Å². The normalized spacial score (nSPS) is 11.8. The lowest BCUT2D eigenvalue weighted by molar-refractivity contribution is 0.0526. The predicted octanol–water partition coefficient (Wildman–Crippen LogP) is 7.65. The van der Waals surface area contributed by atoms with Crippen LogP contribution in [0.1, 0.15) is 82.4 Å². The third kappa shape index (κ3) is 7.75. The molecule has 0 radical (unpaired) electrons. The molecule has 0 aromatic heterocycles. The number of rotatable bonds is 12. The van der Waals surface area contributed by atoms with Crippen LogP contribution in [-0.2, 0) is 11.2 Å². The Bertz CT molecular complexity index is 681. The van der Waals surface area contributed by atoms with Gasteiger partial charge in [-0.25, -0.2) is 4.79 Å². The summed E-state index contributed by atoms with van der Waals surface area (Å²) in [4.78, 5) is 12.5. The summed E-state index contributed by atoms with van der Waals surface area (Å²) >= 11 is 0. The average molecular weight is 383 g/mol. The molecule has 3 heteroatoms. The minimum Gasteiger partial charge on any atom is -0.426 e. The lowest BCUT2D eigenvalue weighted by Gasteiger charge is -2.18. The molecule has 0 bridgehead atoms. The quantitative estimate of drug-likeness (QED) is 0.215. The van der Waals surface area contributed by atoms with E-state index in [0.717, 1.165) is 49.7 Å². The number of aryl methyl sites for hydroxylation is 1. The van der Waals surface area contributed by atoms with Gasteiger partial charge >= 0.3 is 6.16 Å². The fraction of sp³-hybridized carbons (Fsp3) is 0.480. The number of benzene rings is 2. The highest BCUT2D eigenvalue weighted by Gasteiger charge is 2.19. The Hall–Kier alpha value is -2.29. The third-order valence-corrected chi connectivity index (χ3v) is 4.95. The maximum Gasteiger partial charge on any atom is 0.514 e. The SMILES string of the molecule is CCCCCCc1ccccc1OC(=O)OC(CCCCC)c1ccccc1. The topological polar surface area (TPSA) is 35.5 Å². The number of para-hydroxylation sites is 1. The van der Waals surface area contributed by atoms with E-state index in [-0.39, 0.29) is 6.10 Å². The van der Waals surface area contributed by atoms with Crippen LogP contribution in [0.25, 0.3) is 0 Å². The summed E-state index contributed by atoms with van der Waals surface area (Å²) in [6.45, 7) is 4.38. The Morgan fingerprint density at radius 3 is 2.25 bits per heavy atom. The summed E-state index contributed by atoms with van der Waals surface area (Å²) in [6.07, 6.45) is 8.88. The molecule has 0 heterocycles. The number of ether oxygens (including phenoxy) is 2. The summed E-state index contributed by atoms with van der Waals surface area (Å²) in [6, 6.07) is 17.7. The lowest BCUT2D eigenvalue weighted by atomic mass is 10.0. The van der Waals surface area contributed by atoms with Crippen LogP contribution < -0.4 is 4.74 Å². The maximum absolute atomic E-state index is 12.5. The van der Waals surface area contributed by atoms with Crippen molar-refractivity contribution in [2.24, 2.45) is 0 Å². The van der Waals surface area contributed by atoms with Gasteiger partial charge in [0.05, 0.1) is 0 Å². The zero-order chi connectivity index (χ0) is 20.0. The smallest absolute Gasteiger partial charge is 0.426 e. The summed E-state index contributed by atoms with van der Waals surface area (Å²) in [5.41, 5.74) is 2.08. The van der Waals surface area contributed by atoms with E-state index in [1.165, 1.54) is 19.3 Å². The first-order chi connectivity index (χ1) is 13.7. The Morgan fingerprint density at radius 1 is 0.821 bits per heavy atom. The van der Waals surface area contributed by atoms with E-state index in [2.05, 4.69) is 13.8 Å². The zero-order valence-corrected chi connectivity index (χ0v) is 17.4. The molecule has 0 amide bonds. The second-order valence-corrected chi connectivity index (χ2v) is 7.28. The van der Waals surface area contributed by atoms with E-state index in [1.807, 2.05) is 54.6 Å². The van der Waals surface area contributed by atoms with E-state index in [1.54, 1.807) is 0 Å². The molecular weight excluding hydrogens is 348 g/mol. The predicted molar refractivity (Wildman–Crippen MR) is 115 cm³/mol. The van der Waals surface area contributed by atoms with Crippen LogP contribution in [0.2, 0.25) is 0 Å². The summed E-state index contributed by atoms with van der Waals surface area (Å²) in [7, 11) is 0. The Kier molecular flexibility index (Phi) is 10.2. The fourth-order valence-corrected chi connectivity index (χ4v) is 3.32. The summed E-state index contributed by atoms with van der Waals surface area (Å²) in [5.74, 6) is 0.615. The molecule has 0 aliphatic heterocycles. The van der Waals surface area contributed by atoms with Gasteiger partial charge in [0.15, 0.2) is 0 Å². The number of hydrogen-bond donors (Lipinski definition) is 0.